The first kappa shape index (κ1) is 16.8. The third-order valence-electron chi connectivity index (χ3n) is 6.64. The van der Waals surface area contributed by atoms with Gasteiger partial charge in [-0.2, -0.15) is 0 Å². The van der Waals surface area contributed by atoms with E-state index < -0.39 is 0 Å². The molecule has 2 fully saturated rings. The average Bonchev–Trinajstić information content (AvgIpc) is 3.48. The van der Waals surface area contributed by atoms with Crippen LogP contribution in [-0.4, -0.2) is 11.2 Å². The van der Waals surface area contributed by atoms with Crippen molar-refractivity contribution in [3.8, 4) is 0 Å². The number of hydrogen-bond acceptors (Lipinski definition) is 1. The molecule has 5 rings (SSSR count). The van der Waals surface area contributed by atoms with Gasteiger partial charge in [0.25, 0.3) is 0 Å². The molecule has 2 aliphatic carbocycles. The Morgan fingerprint density at radius 2 is 1.41 bits per heavy atom. The van der Waals surface area contributed by atoms with E-state index in [9.17, 15) is 0 Å². The van der Waals surface area contributed by atoms with Crippen LogP contribution in [0.4, 0.5) is 5.69 Å². The fourth-order valence-electron chi connectivity index (χ4n) is 5.21. The average molecular weight is 357 g/mol. The van der Waals surface area contributed by atoms with E-state index in [2.05, 4.69) is 53.7 Å². The molecule has 2 aliphatic rings. The van der Waals surface area contributed by atoms with E-state index in [-0.39, 0.29) is 0 Å². The molecule has 0 atom stereocenters. The van der Waals surface area contributed by atoms with Crippen LogP contribution >= 0.6 is 0 Å². The Labute approximate surface area is 161 Å². The van der Waals surface area contributed by atoms with E-state index in [1.807, 2.05) is 6.20 Å². The Morgan fingerprint density at radius 1 is 0.778 bits per heavy atom. The van der Waals surface area contributed by atoms with E-state index in [0.717, 1.165) is 0 Å². The SMILES string of the molecule is C(=Nc1c(C2CCCC2)cccc1C1CCCC1)c1cccc2cc[nH]c12. The number of hydrogen-bond donors (Lipinski definition) is 1. The zero-order valence-electron chi connectivity index (χ0n) is 16.0. The highest BCUT2D eigenvalue weighted by Gasteiger charge is 2.25. The van der Waals surface area contributed by atoms with Gasteiger partial charge in [0.05, 0.1) is 11.2 Å². The molecule has 1 heterocycles. The van der Waals surface area contributed by atoms with Crippen LogP contribution in [0.25, 0.3) is 10.9 Å². The quantitative estimate of drug-likeness (QED) is 0.477. The second-order valence-electron chi connectivity index (χ2n) is 8.30. The topological polar surface area (TPSA) is 28.1 Å². The predicted molar refractivity (Wildman–Crippen MR) is 114 cm³/mol. The first-order chi connectivity index (χ1) is 13.4. The maximum atomic E-state index is 5.15. The van der Waals surface area contributed by atoms with Crippen molar-refractivity contribution in [2.45, 2.75) is 63.2 Å². The lowest BCUT2D eigenvalue weighted by Crippen LogP contribution is -2.00. The molecule has 0 radical (unpaired) electrons. The van der Waals surface area contributed by atoms with E-state index in [0.29, 0.717) is 11.8 Å². The van der Waals surface area contributed by atoms with Gasteiger partial charge in [-0.15, -0.1) is 0 Å². The molecule has 138 valence electrons. The van der Waals surface area contributed by atoms with Gasteiger partial charge in [-0.1, -0.05) is 62.1 Å². The molecule has 2 heteroatoms. The van der Waals surface area contributed by atoms with Crippen LogP contribution < -0.4 is 0 Å². The number of benzene rings is 2. The van der Waals surface area contributed by atoms with Gasteiger partial charge in [0.1, 0.15) is 0 Å². The van der Waals surface area contributed by atoms with Crippen LogP contribution in [0.1, 0.15) is 79.9 Å². The Hall–Kier alpha value is -2.35. The molecule has 2 aromatic carbocycles. The number of nitrogens with zero attached hydrogens (tertiary/aromatic N) is 1. The Balaban J connectivity index is 1.59. The summed E-state index contributed by atoms with van der Waals surface area (Å²) in [7, 11) is 0. The number of H-pyrrole nitrogens is 1. The smallest absolute Gasteiger partial charge is 0.0699 e. The first-order valence-corrected chi connectivity index (χ1v) is 10.6. The minimum Gasteiger partial charge on any atom is -0.361 e. The zero-order valence-corrected chi connectivity index (χ0v) is 16.0. The molecule has 0 spiro atoms. The normalized spacial score (nSPS) is 19.0. The van der Waals surface area contributed by atoms with Crippen LogP contribution in [0, 0.1) is 0 Å². The van der Waals surface area contributed by atoms with Crippen molar-refractivity contribution in [1.82, 2.24) is 4.98 Å². The second kappa shape index (κ2) is 7.34. The zero-order chi connectivity index (χ0) is 18.1. The van der Waals surface area contributed by atoms with Crippen molar-refractivity contribution in [2.75, 3.05) is 0 Å². The minimum atomic E-state index is 0.694. The minimum absolute atomic E-state index is 0.694. The lowest BCUT2D eigenvalue weighted by molar-refractivity contribution is 0.702. The number of aliphatic imine (C=N–C) groups is 1. The van der Waals surface area contributed by atoms with Crippen molar-refractivity contribution in [3.05, 3.63) is 65.4 Å². The molecule has 3 aromatic rings. The molecule has 0 amide bonds. The molecule has 2 saturated carbocycles. The molecule has 0 saturated heterocycles. The van der Waals surface area contributed by atoms with Crippen LogP contribution in [0.5, 0.6) is 0 Å². The van der Waals surface area contributed by atoms with Crippen LogP contribution in [0.15, 0.2) is 53.7 Å². The molecule has 1 N–H and O–H groups in total. The van der Waals surface area contributed by atoms with Crippen LogP contribution in [-0.2, 0) is 0 Å². The molecule has 0 aliphatic heterocycles. The Morgan fingerprint density at radius 3 is 2.07 bits per heavy atom. The van der Waals surface area contributed by atoms with Crippen molar-refractivity contribution < 1.29 is 0 Å². The Bertz CT molecular complexity index is 919. The van der Waals surface area contributed by atoms with Crippen molar-refractivity contribution >= 4 is 22.8 Å². The largest absolute Gasteiger partial charge is 0.361 e. The monoisotopic (exact) mass is 356 g/mol. The van der Waals surface area contributed by atoms with Crippen LogP contribution in [0.3, 0.4) is 0 Å². The maximum absolute atomic E-state index is 5.15. The number of aromatic amines is 1. The van der Waals surface area contributed by atoms with Gasteiger partial charge in [0.15, 0.2) is 0 Å². The van der Waals surface area contributed by atoms with Gasteiger partial charge in [-0.3, -0.25) is 4.99 Å². The highest BCUT2D eigenvalue weighted by atomic mass is 14.7. The first-order valence-electron chi connectivity index (χ1n) is 10.6. The number of fused-ring (bicyclic) bond motifs is 1. The summed E-state index contributed by atoms with van der Waals surface area (Å²) in [6.07, 6.45) is 14.8. The highest BCUT2D eigenvalue weighted by molar-refractivity contribution is 5.98. The third kappa shape index (κ3) is 3.22. The molecule has 27 heavy (non-hydrogen) atoms. The molecular formula is C25H28N2. The number of rotatable bonds is 4. The van der Waals surface area contributed by atoms with Gasteiger partial charge in [-0.05, 0) is 54.7 Å². The maximum Gasteiger partial charge on any atom is 0.0699 e. The summed E-state index contributed by atoms with van der Waals surface area (Å²) >= 11 is 0. The summed E-state index contributed by atoms with van der Waals surface area (Å²) in [6.45, 7) is 0. The van der Waals surface area contributed by atoms with Crippen LogP contribution in [0.2, 0.25) is 0 Å². The van der Waals surface area contributed by atoms with Crippen molar-refractivity contribution in [2.24, 2.45) is 4.99 Å². The second-order valence-corrected chi connectivity index (χ2v) is 8.30. The summed E-state index contributed by atoms with van der Waals surface area (Å²) < 4.78 is 0. The van der Waals surface area contributed by atoms with Crippen molar-refractivity contribution in [1.29, 1.82) is 0 Å². The van der Waals surface area contributed by atoms with E-state index in [1.165, 1.54) is 84.6 Å². The van der Waals surface area contributed by atoms with E-state index >= 15 is 0 Å². The summed E-state index contributed by atoms with van der Waals surface area (Å²) in [6, 6.07) is 15.5. The fourth-order valence-corrected chi connectivity index (χ4v) is 5.21. The van der Waals surface area contributed by atoms with Gasteiger partial charge in [-0.25, -0.2) is 0 Å². The number of nitrogens with one attached hydrogen (secondary N) is 1. The van der Waals surface area contributed by atoms with Gasteiger partial charge in [0.2, 0.25) is 0 Å². The Kier molecular flexibility index (Phi) is 4.57. The summed E-state index contributed by atoms with van der Waals surface area (Å²) in [5, 5.41) is 1.25. The summed E-state index contributed by atoms with van der Waals surface area (Å²) in [4.78, 5) is 8.52. The summed E-state index contributed by atoms with van der Waals surface area (Å²) in [5.74, 6) is 1.39. The lowest BCUT2D eigenvalue weighted by atomic mass is 9.88. The standard InChI is InChI=1S/C25H28N2/c1-2-8-18(7-1)22-13-6-14-23(19-9-3-4-10-19)25(22)27-17-21-12-5-11-20-15-16-26-24(20)21/h5-6,11-19,26H,1-4,7-10H2. The predicted octanol–water partition coefficient (Wildman–Crippen LogP) is 7.23. The van der Waals surface area contributed by atoms with Crippen molar-refractivity contribution in [3.63, 3.8) is 0 Å². The molecule has 2 nitrogen and oxygen atoms in total. The van der Waals surface area contributed by atoms with Gasteiger partial charge in [0, 0.05) is 23.4 Å². The highest BCUT2D eigenvalue weighted by Crippen LogP contribution is 2.45. The fraction of sp³-hybridized carbons (Fsp3) is 0.400. The van der Waals surface area contributed by atoms with Gasteiger partial charge < -0.3 is 4.98 Å². The van der Waals surface area contributed by atoms with Gasteiger partial charge >= 0.3 is 0 Å². The van der Waals surface area contributed by atoms with E-state index in [1.54, 1.807) is 0 Å². The number of aromatic nitrogens is 1. The molecule has 0 unspecified atom stereocenters. The third-order valence-corrected chi connectivity index (χ3v) is 6.64. The molecule has 0 bridgehead atoms. The number of para-hydroxylation sites is 2. The lowest BCUT2D eigenvalue weighted by Gasteiger charge is -2.19. The molecule has 1 aromatic heterocycles. The summed E-state index contributed by atoms with van der Waals surface area (Å²) in [5.41, 5.74) is 6.62. The van der Waals surface area contributed by atoms with E-state index in [4.69, 9.17) is 4.99 Å². The molecular weight excluding hydrogens is 328 g/mol.